The molecule has 2 aromatic carbocycles. The number of carbonyl (C=O) groups is 8. The molecular formula is C28H24N2O12. The lowest BCUT2D eigenvalue weighted by Gasteiger charge is -2.20. The monoisotopic (exact) mass is 580 g/mol. The second kappa shape index (κ2) is 13.3. The SMILES string of the molecule is O=C(CCC(=O)OC(C(=O)ON1C(=O)CCC1=O)c1ccccc1)OC(C(=O)ON1C(=O)CCC1=O)c1ccccc1. The quantitative estimate of drug-likeness (QED) is 0.277. The summed E-state index contributed by atoms with van der Waals surface area (Å²) in [6.07, 6.45) is -5.07. The number of nitrogens with zero attached hydrogens (tertiary/aromatic N) is 2. The summed E-state index contributed by atoms with van der Waals surface area (Å²) in [4.78, 5) is 108. The van der Waals surface area contributed by atoms with Crippen LogP contribution in [0.2, 0.25) is 0 Å². The summed E-state index contributed by atoms with van der Waals surface area (Å²) >= 11 is 0. The van der Waals surface area contributed by atoms with Crippen LogP contribution in [0.4, 0.5) is 0 Å². The molecule has 42 heavy (non-hydrogen) atoms. The Kier molecular flexibility index (Phi) is 9.37. The highest BCUT2D eigenvalue weighted by atomic mass is 16.7. The first kappa shape index (κ1) is 29.6. The molecule has 2 fully saturated rings. The van der Waals surface area contributed by atoms with E-state index in [1.54, 1.807) is 36.4 Å². The van der Waals surface area contributed by atoms with Crippen molar-refractivity contribution in [3.05, 3.63) is 71.8 Å². The molecule has 0 bridgehead atoms. The van der Waals surface area contributed by atoms with Gasteiger partial charge < -0.3 is 19.1 Å². The maximum absolute atomic E-state index is 12.8. The summed E-state index contributed by atoms with van der Waals surface area (Å²) < 4.78 is 10.5. The third-order valence-electron chi connectivity index (χ3n) is 6.04. The van der Waals surface area contributed by atoms with Crippen LogP contribution in [0.3, 0.4) is 0 Å². The Hall–Kier alpha value is -5.40. The molecule has 14 heteroatoms. The van der Waals surface area contributed by atoms with Crippen molar-refractivity contribution in [1.82, 2.24) is 10.1 Å². The van der Waals surface area contributed by atoms with Gasteiger partial charge in [0, 0.05) is 36.8 Å². The first-order chi connectivity index (χ1) is 20.1. The fourth-order valence-electron chi connectivity index (χ4n) is 3.94. The van der Waals surface area contributed by atoms with E-state index < -0.39 is 72.6 Å². The average Bonchev–Trinajstić information content (AvgIpc) is 3.48. The lowest BCUT2D eigenvalue weighted by molar-refractivity contribution is -0.207. The van der Waals surface area contributed by atoms with Crippen LogP contribution >= 0.6 is 0 Å². The van der Waals surface area contributed by atoms with Gasteiger partial charge in [-0.05, 0) is 0 Å². The van der Waals surface area contributed by atoms with Crippen LogP contribution in [-0.4, -0.2) is 57.6 Å². The van der Waals surface area contributed by atoms with Gasteiger partial charge >= 0.3 is 23.9 Å². The summed E-state index contributed by atoms with van der Waals surface area (Å²) in [7, 11) is 0. The molecule has 0 spiro atoms. The molecule has 0 N–H and O–H groups in total. The van der Waals surface area contributed by atoms with Crippen molar-refractivity contribution in [2.45, 2.75) is 50.7 Å². The van der Waals surface area contributed by atoms with Crippen molar-refractivity contribution >= 4 is 47.5 Å². The van der Waals surface area contributed by atoms with E-state index in [0.717, 1.165) is 0 Å². The second-order valence-electron chi connectivity index (χ2n) is 9.05. The summed E-state index contributed by atoms with van der Waals surface area (Å²) in [5.41, 5.74) is 0.353. The second-order valence-corrected chi connectivity index (χ2v) is 9.05. The fraction of sp³-hybridized carbons (Fsp3) is 0.286. The molecule has 2 unspecified atom stereocenters. The highest BCUT2D eigenvalue weighted by Gasteiger charge is 2.38. The molecule has 2 aliphatic rings. The average molecular weight is 581 g/mol. The Morgan fingerprint density at radius 1 is 0.548 bits per heavy atom. The first-order valence-corrected chi connectivity index (χ1v) is 12.8. The number of esters is 2. The number of hydroxylamine groups is 4. The molecule has 2 atom stereocenters. The van der Waals surface area contributed by atoms with Gasteiger partial charge in [-0.2, -0.15) is 0 Å². The maximum Gasteiger partial charge on any atom is 0.378 e. The summed E-state index contributed by atoms with van der Waals surface area (Å²) in [6, 6.07) is 15.3. The summed E-state index contributed by atoms with van der Waals surface area (Å²) in [5.74, 6) is -7.39. The zero-order valence-electron chi connectivity index (χ0n) is 22.0. The minimum atomic E-state index is -1.67. The van der Waals surface area contributed by atoms with E-state index in [1.807, 2.05) is 0 Å². The number of rotatable bonds is 11. The van der Waals surface area contributed by atoms with Crippen molar-refractivity contribution in [2.75, 3.05) is 0 Å². The molecule has 4 rings (SSSR count). The van der Waals surface area contributed by atoms with Gasteiger partial charge in [-0.25, -0.2) is 9.59 Å². The molecule has 2 aromatic rings. The minimum Gasteiger partial charge on any atom is -0.445 e. The van der Waals surface area contributed by atoms with Crippen LogP contribution in [0.1, 0.15) is 61.9 Å². The van der Waals surface area contributed by atoms with Crippen molar-refractivity contribution in [3.63, 3.8) is 0 Å². The smallest absolute Gasteiger partial charge is 0.378 e. The molecule has 2 heterocycles. The number of amides is 4. The maximum atomic E-state index is 12.8. The molecule has 2 saturated heterocycles. The Morgan fingerprint density at radius 3 is 1.17 bits per heavy atom. The summed E-state index contributed by atoms with van der Waals surface area (Å²) in [5, 5.41) is 0.630. The van der Waals surface area contributed by atoms with E-state index >= 15 is 0 Å². The minimum absolute atomic E-state index is 0.133. The van der Waals surface area contributed by atoms with Gasteiger partial charge in [0.25, 0.3) is 23.6 Å². The number of hydrogen-bond donors (Lipinski definition) is 0. The molecule has 0 radical (unpaired) electrons. The van der Waals surface area contributed by atoms with Crippen molar-refractivity contribution < 1.29 is 57.5 Å². The van der Waals surface area contributed by atoms with E-state index in [2.05, 4.69) is 0 Å². The van der Waals surface area contributed by atoms with E-state index in [1.165, 1.54) is 24.3 Å². The molecule has 4 amide bonds. The summed E-state index contributed by atoms with van der Waals surface area (Å²) in [6.45, 7) is 0. The Balaban J connectivity index is 1.39. The van der Waals surface area contributed by atoms with E-state index in [-0.39, 0.29) is 36.8 Å². The predicted molar refractivity (Wildman–Crippen MR) is 134 cm³/mol. The lowest BCUT2D eigenvalue weighted by Crippen LogP contribution is -2.35. The van der Waals surface area contributed by atoms with E-state index in [4.69, 9.17) is 19.1 Å². The van der Waals surface area contributed by atoms with Crippen LogP contribution in [-0.2, 0) is 57.5 Å². The van der Waals surface area contributed by atoms with Gasteiger partial charge in [0.05, 0.1) is 12.8 Å². The highest BCUT2D eigenvalue weighted by Crippen LogP contribution is 2.25. The lowest BCUT2D eigenvalue weighted by atomic mass is 10.1. The largest absolute Gasteiger partial charge is 0.445 e. The molecule has 0 aromatic heterocycles. The number of benzene rings is 2. The normalized spacial score (nSPS) is 16.2. The zero-order valence-corrected chi connectivity index (χ0v) is 22.0. The van der Waals surface area contributed by atoms with Crippen LogP contribution in [0.15, 0.2) is 60.7 Å². The van der Waals surface area contributed by atoms with Gasteiger partial charge in [0.15, 0.2) is 0 Å². The van der Waals surface area contributed by atoms with Gasteiger partial charge in [-0.3, -0.25) is 28.8 Å². The van der Waals surface area contributed by atoms with E-state index in [9.17, 15) is 38.4 Å². The van der Waals surface area contributed by atoms with E-state index in [0.29, 0.717) is 10.1 Å². The Labute approximate surface area is 237 Å². The number of carbonyl (C=O) groups excluding carboxylic acids is 8. The first-order valence-electron chi connectivity index (χ1n) is 12.8. The van der Waals surface area contributed by atoms with Gasteiger partial charge in [0.2, 0.25) is 12.2 Å². The number of imide groups is 2. The molecule has 0 saturated carbocycles. The molecule has 14 nitrogen and oxygen atoms in total. The zero-order chi connectivity index (χ0) is 30.2. The standard InChI is InChI=1S/C28H24N2O12/c31-19-11-12-20(32)29(19)41-27(37)25(17-7-3-1-4-8-17)39-23(35)15-16-24(36)40-26(18-9-5-2-6-10-18)28(38)42-30-21(33)13-14-22(30)34/h1-10,25-26H,11-16H2. The Morgan fingerprint density at radius 2 is 0.857 bits per heavy atom. The number of hydrogen-bond acceptors (Lipinski definition) is 12. The third-order valence-corrected chi connectivity index (χ3v) is 6.04. The molecular weight excluding hydrogens is 556 g/mol. The predicted octanol–water partition coefficient (Wildman–Crippen LogP) is 1.55. The van der Waals surface area contributed by atoms with Crippen molar-refractivity contribution in [3.8, 4) is 0 Å². The van der Waals surface area contributed by atoms with Crippen molar-refractivity contribution in [1.29, 1.82) is 0 Å². The molecule has 2 aliphatic heterocycles. The highest BCUT2D eigenvalue weighted by molar-refractivity contribution is 6.02. The third kappa shape index (κ3) is 7.21. The van der Waals surface area contributed by atoms with Gasteiger partial charge in [-0.15, -0.1) is 10.1 Å². The number of ether oxygens (including phenoxy) is 2. The molecule has 0 aliphatic carbocycles. The Bertz CT molecular complexity index is 1270. The van der Waals surface area contributed by atoms with Crippen molar-refractivity contribution in [2.24, 2.45) is 0 Å². The van der Waals surface area contributed by atoms with Crippen LogP contribution in [0, 0.1) is 0 Å². The fourth-order valence-corrected chi connectivity index (χ4v) is 3.94. The van der Waals surface area contributed by atoms with Crippen LogP contribution in [0.25, 0.3) is 0 Å². The van der Waals surface area contributed by atoms with Crippen LogP contribution < -0.4 is 0 Å². The topological polar surface area (TPSA) is 180 Å². The van der Waals surface area contributed by atoms with Gasteiger partial charge in [0.1, 0.15) is 0 Å². The molecule has 218 valence electrons. The van der Waals surface area contributed by atoms with Crippen LogP contribution in [0.5, 0.6) is 0 Å². The van der Waals surface area contributed by atoms with Gasteiger partial charge in [-0.1, -0.05) is 60.7 Å².